The third-order valence-electron chi connectivity index (χ3n) is 4.94. The van der Waals surface area contributed by atoms with Crippen LogP contribution in [0.15, 0.2) is 0 Å². The van der Waals surface area contributed by atoms with Crippen LogP contribution in [0.4, 0.5) is 13.2 Å². The first kappa shape index (κ1) is 15.6. The van der Waals surface area contributed by atoms with Crippen LogP contribution in [0.2, 0.25) is 0 Å². The lowest BCUT2D eigenvalue weighted by Gasteiger charge is -2.42. The van der Waals surface area contributed by atoms with Gasteiger partial charge in [-0.1, -0.05) is 6.92 Å². The van der Waals surface area contributed by atoms with Crippen molar-refractivity contribution in [1.82, 2.24) is 10.2 Å². The van der Waals surface area contributed by atoms with Gasteiger partial charge >= 0.3 is 6.18 Å². The van der Waals surface area contributed by atoms with Crippen molar-refractivity contribution in [3.8, 4) is 0 Å². The van der Waals surface area contributed by atoms with Crippen LogP contribution in [0.25, 0.3) is 0 Å². The Morgan fingerprint density at radius 2 is 1.80 bits per heavy atom. The molecule has 2 fully saturated rings. The second kappa shape index (κ2) is 5.92. The lowest BCUT2D eigenvalue weighted by Crippen LogP contribution is -2.52. The van der Waals surface area contributed by atoms with Gasteiger partial charge in [0.25, 0.3) is 0 Å². The number of amides is 1. The number of likely N-dealkylation sites (tertiary alicyclic amines) is 1. The quantitative estimate of drug-likeness (QED) is 0.848. The molecule has 1 amide bonds. The molecule has 2 aliphatic heterocycles. The van der Waals surface area contributed by atoms with Gasteiger partial charge in [-0.15, -0.1) is 0 Å². The maximum absolute atomic E-state index is 12.7. The van der Waals surface area contributed by atoms with Gasteiger partial charge in [0, 0.05) is 13.1 Å². The lowest BCUT2D eigenvalue weighted by molar-refractivity contribution is -0.188. The SMILES string of the molecule is CCC1(C(=O)N2CCC(C(F)(F)F)CC2)CCNCC1. The summed E-state index contributed by atoms with van der Waals surface area (Å²) >= 11 is 0. The zero-order chi connectivity index (χ0) is 14.8. The number of nitrogens with one attached hydrogen (secondary N) is 1. The van der Waals surface area contributed by atoms with Gasteiger partial charge in [0.15, 0.2) is 0 Å². The van der Waals surface area contributed by atoms with E-state index < -0.39 is 12.1 Å². The number of carbonyl (C=O) groups excluding carboxylic acids is 1. The first-order valence-electron chi connectivity index (χ1n) is 7.46. The number of piperidine rings is 2. The maximum Gasteiger partial charge on any atom is 0.391 e. The number of hydrogen-bond donors (Lipinski definition) is 1. The largest absolute Gasteiger partial charge is 0.391 e. The van der Waals surface area contributed by atoms with E-state index in [-0.39, 0.29) is 37.3 Å². The van der Waals surface area contributed by atoms with Gasteiger partial charge in [0.2, 0.25) is 5.91 Å². The number of rotatable bonds is 2. The number of halogens is 3. The summed E-state index contributed by atoms with van der Waals surface area (Å²) in [6.07, 6.45) is -1.66. The number of carbonyl (C=O) groups is 1. The van der Waals surface area contributed by atoms with Gasteiger partial charge in [-0.25, -0.2) is 0 Å². The van der Waals surface area contributed by atoms with Crippen molar-refractivity contribution in [2.75, 3.05) is 26.2 Å². The fourth-order valence-electron chi connectivity index (χ4n) is 3.37. The van der Waals surface area contributed by atoms with Gasteiger partial charge < -0.3 is 10.2 Å². The van der Waals surface area contributed by atoms with Gasteiger partial charge in [0.1, 0.15) is 0 Å². The Balaban J connectivity index is 1.97. The lowest BCUT2D eigenvalue weighted by atomic mass is 9.75. The van der Waals surface area contributed by atoms with Crippen LogP contribution < -0.4 is 5.32 Å². The average Bonchev–Trinajstić information content (AvgIpc) is 2.46. The van der Waals surface area contributed by atoms with Crippen LogP contribution in [-0.2, 0) is 4.79 Å². The molecule has 0 unspecified atom stereocenters. The van der Waals surface area contributed by atoms with Crippen molar-refractivity contribution >= 4 is 5.91 Å². The third-order valence-corrected chi connectivity index (χ3v) is 4.94. The molecule has 0 radical (unpaired) electrons. The Kier molecular flexibility index (Phi) is 4.62. The zero-order valence-electron chi connectivity index (χ0n) is 11.9. The molecule has 0 aromatic rings. The summed E-state index contributed by atoms with van der Waals surface area (Å²) in [4.78, 5) is 14.3. The van der Waals surface area contributed by atoms with Crippen LogP contribution in [0, 0.1) is 11.3 Å². The van der Waals surface area contributed by atoms with Gasteiger partial charge in [-0.3, -0.25) is 4.79 Å². The minimum atomic E-state index is -4.12. The van der Waals surface area contributed by atoms with Crippen molar-refractivity contribution in [2.45, 2.75) is 45.2 Å². The topological polar surface area (TPSA) is 32.3 Å². The molecule has 0 atom stereocenters. The number of alkyl halides is 3. The van der Waals surface area contributed by atoms with Gasteiger partial charge in [0.05, 0.1) is 11.3 Å². The van der Waals surface area contributed by atoms with Crippen LogP contribution in [0.3, 0.4) is 0 Å². The van der Waals surface area contributed by atoms with E-state index in [0.717, 1.165) is 32.4 Å². The Bertz CT molecular complexity index is 343. The second-order valence-corrected chi connectivity index (χ2v) is 5.99. The molecule has 116 valence electrons. The molecule has 0 spiro atoms. The monoisotopic (exact) mass is 292 g/mol. The van der Waals surface area contributed by atoms with Gasteiger partial charge in [-0.2, -0.15) is 13.2 Å². The average molecular weight is 292 g/mol. The highest BCUT2D eigenvalue weighted by Crippen LogP contribution is 2.38. The van der Waals surface area contributed by atoms with Crippen molar-refractivity contribution in [3.63, 3.8) is 0 Å². The van der Waals surface area contributed by atoms with Gasteiger partial charge in [-0.05, 0) is 45.2 Å². The standard InChI is InChI=1S/C14H23F3N2O/c1-2-13(5-7-18-8-6-13)12(20)19-9-3-11(4-10-19)14(15,16)17/h11,18H,2-10H2,1H3. The van der Waals surface area contributed by atoms with Crippen molar-refractivity contribution < 1.29 is 18.0 Å². The number of nitrogens with zero attached hydrogens (tertiary/aromatic N) is 1. The van der Waals surface area contributed by atoms with E-state index in [0.29, 0.717) is 0 Å². The van der Waals surface area contributed by atoms with Crippen molar-refractivity contribution in [3.05, 3.63) is 0 Å². The summed E-state index contributed by atoms with van der Waals surface area (Å²) < 4.78 is 38.0. The van der Waals surface area contributed by atoms with E-state index in [1.54, 1.807) is 4.90 Å². The maximum atomic E-state index is 12.7. The molecule has 0 aromatic heterocycles. The molecule has 0 aliphatic carbocycles. The van der Waals surface area contributed by atoms with E-state index in [9.17, 15) is 18.0 Å². The molecule has 6 heteroatoms. The summed E-state index contributed by atoms with van der Waals surface area (Å²) in [5, 5.41) is 3.24. The molecule has 0 bridgehead atoms. The number of hydrogen-bond acceptors (Lipinski definition) is 2. The zero-order valence-corrected chi connectivity index (χ0v) is 11.9. The fraction of sp³-hybridized carbons (Fsp3) is 0.929. The smallest absolute Gasteiger partial charge is 0.342 e. The Hall–Kier alpha value is -0.780. The van der Waals surface area contributed by atoms with E-state index in [4.69, 9.17) is 0 Å². The predicted molar refractivity (Wildman–Crippen MR) is 70.2 cm³/mol. The highest BCUT2D eigenvalue weighted by atomic mass is 19.4. The molecule has 1 N–H and O–H groups in total. The molecule has 20 heavy (non-hydrogen) atoms. The molecule has 0 saturated carbocycles. The summed E-state index contributed by atoms with van der Waals surface area (Å²) in [6.45, 7) is 4.14. The first-order chi connectivity index (χ1) is 9.39. The highest BCUT2D eigenvalue weighted by Gasteiger charge is 2.45. The van der Waals surface area contributed by atoms with Crippen LogP contribution in [0.5, 0.6) is 0 Å². The second-order valence-electron chi connectivity index (χ2n) is 5.99. The minimum absolute atomic E-state index is 0.0489. The summed E-state index contributed by atoms with van der Waals surface area (Å²) in [7, 11) is 0. The van der Waals surface area contributed by atoms with E-state index in [2.05, 4.69) is 5.32 Å². The third kappa shape index (κ3) is 3.10. The van der Waals surface area contributed by atoms with E-state index >= 15 is 0 Å². The molecular formula is C14H23F3N2O. The summed E-state index contributed by atoms with van der Waals surface area (Å²) in [5.41, 5.74) is -0.351. The van der Waals surface area contributed by atoms with E-state index in [1.807, 2.05) is 6.92 Å². The molecule has 2 aliphatic rings. The molecular weight excluding hydrogens is 269 g/mol. The molecule has 0 aromatic carbocycles. The van der Waals surface area contributed by atoms with Crippen LogP contribution in [-0.4, -0.2) is 43.2 Å². The molecule has 2 heterocycles. The first-order valence-corrected chi connectivity index (χ1v) is 7.46. The van der Waals surface area contributed by atoms with E-state index in [1.165, 1.54) is 0 Å². The Labute approximate surface area is 117 Å². The van der Waals surface area contributed by atoms with Crippen molar-refractivity contribution in [1.29, 1.82) is 0 Å². The molecule has 3 nitrogen and oxygen atoms in total. The highest BCUT2D eigenvalue weighted by molar-refractivity contribution is 5.83. The Morgan fingerprint density at radius 3 is 2.25 bits per heavy atom. The van der Waals surface area contributed by atoms with Crippen LogP contribution in [0.1, 0.15) is 39.0 Å². The van der Waals surface area contributed by atoms with Crippen LogP contribution >= 0.6 is 0 Å². The Morgan fingerprint density at radius 1 is 1.25 bits per heavy atom. The molecule has 2 rings (SSSR count). The summed E-state index contributed by atoms with van der Waals surface area (Å²) in [5.74, 6) is -1.17. The normalized spacial score (nSPS) is 24.7. The minimum Gasteiger partial charge on any atom is -0.342 e. The molecule has 2 saturated heterocycles. The van der Waals surface area contributed by atoms with Crippen molar-refractivity contribution in [2.24, 2.45) is 11.3 Å². The summed E-state index contributed by atoms with van der Waals surface area (Å²) in [6, 6.07) is 0. The fourth-order valence-corrected chi connectivity index (χ4v) is 3.37. The predicted octanol–water partition coefficient (Wildman–Crippen LogP) is 2.57.